The number of nitriles is 1. The molecule has 1 aliphatic rings. The van der Waals surface area contributed by atoms with Gasteiger partial charge in [0.25, 0.3) is 5.91 Å². The Hall–Kier alpha value is -2.13. The topological polar surface area (TPSA) is 73.6 Å². The molecule has 1 N–H and O–H groups in total. The Morgan fingerprint density at radius 1 is 1.59 bits per heavy atom. The van der Waals surface area contributed by atoms with Crippen molar-refractivity contribution in [2.45, 2.75) is 38.6 Å². The minimum Gasteiger partial charge on any atom is -0.486 e. The first-order valence-electron chi connectivity index (χ1n) is 7.20. The van der Waals surface area contributed by atoms with Gasteiger partial charge >= 0.3 is 0 Å². The van der Waals surface area contributed by atoms with Gasteiger partial charge in [-0.1, -0.05) is 6.07 Å². The second-order valence-electron chi connectivity index (χ2n) is 5.53. The van der Waals surface area contributed by atoms with Crippen molar-refractivity contribution in [3.05, 3.63) is 29.3 Å². The fraction of sp³-hybridized carbons (Fsp3) is 0.500. The Labute approximate surface area is 128 Å². The molecule has 1 aromatic carbocycles. The molecular formula is C16H19FN2O3. The molecule has 0 radical (unpaired) electrons. The molecule has 1 saturated heterocycles. The van der Waals surface area contributed by atoms with Crippen LogP contribution in [0.1, 0.15) is 24.5 Å². The lowest BCUT2D eigenvalue weighted by Gasteiger charge is -2.35. The average Bonchev–Trinajstić information content (AvgIpc) is 2.48. The minimum absolute atomic E-state index is 0.109. The molecular weight excluding hydrogens is 287 g/mol. The molecule has 1 fully saturated rings. The van der Waals surface area contributed by atoms with E-state index in [0.717, 1.165) is 5.56 Å². The number of nitrogens with zero attached hydrogens (tertiary/aromatic N) is 2. The van der Waals surface area contributed by atoms with Gasteiger partial charge < -0.3 is 14.7 Å². The number of likely N-dealkylation sites (tertiary alicyclic amines) is 1. The lowest BCUT2D eigenvalue weighted by Crippen LogP contribution is -2.51. The zero-order valence-electron chi connectivity index (χ0n) is 12.6. The first-order chi connectivity index (χ1) is 10.4. The molecule has 0 unspecified atom stereocenters. The van der Waals surface area contributed by atoms with Crippen molar-refractivity contribution in [1.82, 2.24) is 4.90 Å². The molecule has 0 saturated carbocycles. The van der Waals surface area contributed by atoms with Crippen LogP contribution in [0.2, 0.25) is 0 Å². The van der Waals surface area contributed by atoms with E-state index in [0.29, 0.717) is 24.3 Å². The summed E-state index contributed by atoms with van der Waals surface area (Å²) in [6.07, 6.45) is -2.87. The van der Waals surface area contributed by atoms with Gasteiger partial charge in [-0.15, -0.1) is 0 Å². The maximum Gasteiger partial charge on any atom is 0.251 e. The summed E-state index contributed by atoms with van der Waals surface area (Å²) in [7, 11) is 0. The molecule has 3 atom stereocenters. The SMILES string of the molecule is Cc1ccc(C#N)c(O[C@H]2CCN(C(=O)[C@H](C)O)C[C@H]2F)c1. The Kier molecular flexibility index (Phi) is 4.99. The molecule has 0 bridgehead atoms. The highest BCUT2D eigenvalue weighted by Gasteiger charge is 2.34. The second kappa shape index (κ2) is 6.75. The van der Waals surface area contributed by atoms with E-state index in [4.69, 9.17) is 10.00 Å². The van der Waals surface area contributed by atoms with Gasteiger partial charge in [0.05, 0.1) is 12.1 Å². The van der Waals surface area contributed by atoms with Crippen molar-refractivity contribution >= 4 is 5.91 Å². The number of alkyl halides is 1. The minimum atomic E-state index is -1.36. The van der Waals surface area contributed by atoms with Crippen molar-refractivity contribution in [2.24, 2.45) is 0 Å². The van der Waals surface area contributed by atoms with E-state index in [2.05, 4.69) is 0 Å². The van der Waals surface area contributed by atoms with Crippen LogP contribution in [0.25, 0.3) is 0 Å². The van der Waals surface area contributed by atoms with Crippen LogP contribution in [0.4, 0.5) is 4.39 Å². The predicted octanol–water partition coefficient (Wildman–Crippen LogP) is 1.57. The number of piperidine rings is 1. The molecule has 22 heavy (non-hydrogen) atoms. The highest BCUT2D eigenvalue weighted by atomic mass is 19.1. The molecule has 1 aliphatic heterocycles. The molecule has 1 amide bonds. The number of aliphatic hydroxyl groups excluding tert-OH is 1. The van der Waals surface area contributed by atoms with Crippen LogP contribution < -0.4 is 4.74 Å². The molecule has 5 nitrogen and oxygen atoms in total. The van der Waals surface area contributed by atoms with Crippen LogP contribution in [0, 0.1) is 18.3 Å². The number of hydrogen-bond donors (Lipinski definition) is 1. The first-order valence-corrected chi connectivity index (χ1v) is 7.20. The van der Waals surface area contributed by atoms with Gasteiger partial charge in [-0.2, -0.15) is 5.26 Å². The van der Waals surface area contributed by atoms with Crippen LogP contribution in [-0.4, -0.2) is 47.4 Å². The van der Waals surface area contributed by atoms with Gasteiger partial charge in [-0.05, 0) is 31.5 Å². The third-order valence-corrected chi connectivity index (χ3v) is 3.69. The van der Waals surface area contributed by atoms with Gasteiger partial charge in [0.2, 0.25) is 0 Å². The zero-order chi connectivity index (χ0) is 16.3. The van der Waals surface area contributed by atoms with Crippen LogP contribution in [0.15, 0.2) is 18.2 Å². The monoisotopic (exact) mass is 306 g/mol. The van der Waals surface area contributed by atoms with Gasteiger partial charge in [-0.3, -0.25) is 4.79 Å². The molecule has 6 heteroatoms. The molecule has 0 spiro atoms. The molecule has 0 aliphatic carbocycles. The predicted molar refractivity (Wildman–Crippen MR) is 78.1 cm³/mol. The third kappa shape index (κ3) is 3.55. The van der Waals surface area contributed by atoms with E-state index in [1.165, 1.54) is 11.8 Å². The Bertz CT molecular complexity index is 598. The number of ether oxygens (including phenoxy) is 1. The number of rotatable bonds is 3. The number of benzene rings is 1. The summed E-state index contributed by atoms with van der Waals surface area (Å²) < 4.78 is 19.9. The van der Waals surface area contributed by atoms with Gasteiger partial charge in [-0.25, -0.2) is 4.39 Å². The number of hydrogen-bond acceptors (Lipinski definition) is 4. The number of carbonyl (C=O) groups excluding carboxylic acids is 1. The van der Waals surface area contributed by atoms with Gasteiger partial charge in [0.1, 0.15) is 24.0 Å². The standard InChI is InChI=1S/C16H19FN2O3/c1-10-3-4-12(8-18)15(7-10)22-14-5-6-19(9-13(14)17)16(21)11(2)20/h3-4,7,11,13-14,20H,5-6,9H2,1-2H3/t11-,13+,14-/m0/s1. The molecule has 118 valence electrons. The lowest BCUT2D eigenvalue weighted by molar-refractivity contribution is -0.143. The van der Waals surface area contributed by atoms with E-state index in [1.54, 1.807) is 18.2 Å². The van der Waals surface area contributed by atoms with Crippen molar-refractivity contribution < 1.29 is 19.0 Å². The Morgan fingerprint density at radius 3 is 2.91 bits per heavy atom. The highest BCUT2D eigenvalue weighted by molar-refractivity contribution is 5.80. The molecule has 1 heterocycles. The fourth-order valence-electron chi connectivity index (χ4n) is 2.46. The quantitative estimate of drug-likeness (QED) is 0.920. The summed E-state index contributed by atoms with van der Waals surface area (Å²) in [4.78, 5) is 13.0. The number of aliphatic hydroxyl groups is 1. The van der Waals surface area contributed by atoms with E-state index < -0.39 is 24.3 Å². The average molecular weight is 306 g/mol. The number of aryl methyl sites for hydroxylation is 1. The van der Waals surface area contributed by atoms with Crippen LogP contribution >= 0.6 is 0 Å². The smallest absolute Gasteiger partial charge is 0.251 e. The summed E-state index contributed by atoms with van der Waals surface area (Å²) >= 11 is 0. The number of halogens is 1. The maximum atomic E-state index is 14.3. The number of carbonyl (C=O) groups is 1. The lowest BCUT2D eigenvalue weighted by atomic mass is 10.0. The van der Waals surface area contributed by atoms with Crippen molar-refractivity contribution in [1.29, 1.82) is 5.26 Å². The van der Waals surface area contributed by atoms with Crippen molar-refractivity contribution in [3.8, 4) is 11.8 Å². The number of amides is 1. The molecule has 0 aromatic heterocycles. The van der Waals surface area contributed by atoms with Crippen molar-refractivity contribution in [2.75, 3.05) is 13.1 Å². The molecule has 2 rings (SSSR count). The summed E-state index contributed by atoms with van der Waals surface area (Å²) in [5.74, 6) is -0.111. The maximum absolute atomic E-state index is 14.3. The zero-order valence-corrected chi connectivity index (χ0v) is 12.6. The van der Waals surface area contributed by atoms with Gasteiger partial charge in [0.15, 0.2) is 6.17 Å². The Balaban J connectivity index is 2.06. The first kappa shape index (κ1) is 16.2. The van der Waals surface area contributed by atoms with Crippen LogP contribution in [-0.2, 0) is 4.79 Å². The van der Waals surface area contributed by atoms with E-state index >= 15 is 0 Å². The summed E-state index contributed by atoms with van der Waals surface area (Å²) in [5, 5.41) is 18.4. The largest absolute Gasteiger partial charge is 0.486 e. The molecule has 1 aromatic rings. The van der Waals surface area contributed by atoms with E-state index in [9.17, 15) is 14.3 Å². The van der Waals surface area contributed by atoms with E-state index in [1.807, 2.05) is 13.0 Å². The fourth-order valence-corrected chi connectivity index (χ4v) is 2.46. The summed E-state index contributed by atoms with van der Waals surface area (Å²) in [6.45, 7) is 3.44. The normalized spacial score (nSPS) is 22.8. The summed E-state index contributed by atoms with van der Waals surface area (Å²) in [5.41, 5.74) is 1.28. The summed E-state index contributed by atoms with van der Waals surface area (Å²) in [6, 6.07) is 7.17. The van der Waals surface area contributed by atoms with Crippen LogP contribution in [0.5, 0.6) is 5.75 Å². The van der Waals surface area contributed by atoms with Gasteiger partial charge in [0, 0.05) is 13.0 Å². The Morgan fingerprint density at radius 2 is 2.32 bits per heavy atom. The van der Waals surface area contributed by atoms with E-state index in [-0.39, 0.29) is 6.54 Å². The highest BCUT2D eigenvalue weighted by Crippen LogP contribution is 2.25. The third-order valence-electron chi connectivity index (χ3n) is 3.69. The van der Waals surface area contributed by atoms with Crippen molar-refractivity contribution in [3.63, 3.8) is 0 Å². The second-order valence-corrected chi connectivity index (χ2v) is 5.53. The van der Waals surface area contributed by atoms with Crippen LogP contribution in [0.3, 0.4) is 0 Å².